The molecule has 0 saturated heterocycles. The number of benzene rings is 1. The molecule has 142 valence electrons. The summed E-state index contributed by atoms with van der Waals surface area (Å²) in [5, 5.41) is 3.28. The summed E-state index contributed by atoms with van der Waals surface area (Å²) in [5.74, 6) is 1.41. The molecule has 0 bridgehead atoms. The molecule has 0 fully saturated rings. The van der Waals surface area contributed by atoms with Crippen LogP contribution in [0.4, 0.5) is 5.69 Å². The van der Waals surface area contributed by atoms with Crippen molar-refractivity contribution in [2.45, 2.75) is 26.7 Å². The Morgan fingerprint density at radius 3 is 2.78 bits per heavy atom. The number of para-hydroxylation sites is 1. The van der Waals surface area contributed by atoms with Gasteiger partial charge in [0, 0.05) is 0 Å². The highest BCUT2D eigenvalue weighted by molar-refractivity contribution is 5.87. The number of rotatable bonds is 8. The zero-order valence-corrected chi connectivity index (χ0v) is 16.5. The number of hydrogen-bond donors (Lipinski definition) is 1. The molecule has 1 heterocycles. The molecule has 2 rings (SSSR count). The first-order valence-corrected chi connectivity index (χ1v) is 9.22. The monoisotopic (exact) mass is 363 g/mol. The first kappa shape index (κ1) is 20.3. The van der Waals surface area contributed by atoms with Gasteiger partial charge in [0.1, 0.15) is 0 Å². The van der Waals surface area contributed by atoms with E-state index in [4.69, 9.17) is 9.73 Å². The lowest BCUT2D eigenvalue weighted by atomic mass is 10.1. The van der Waals surface area contributed by atoms with Gasteiger partial charge in [-0.1, -0.05) is 69.0 Å². The quantitative estimate of drug-likeness (QED) is 0.643. The molecule has 1 aliphatic heterocycles. The van der Waals surface area contributed by atoms with Crippen LogP contribution in [0.1, 0.15) is 25.8 Å². The van der Waals surface area contributed by atoms with E-state index in [-0.39, 0.29) is 0 Å². The summed E-state index contributed by atoms with van der Waals surface area (Å²) in [4.78, 5) is 6.92. The van der Waals surface area contributed by atoms with Crippen molar-refractivity contribution in [3.8, 4) is 0 Å². The van der Waals surface area contributed by atoms with Crippen LogP contribution in [0.5, 0.6) is 0 Å². The number of aryl methyl sites for hydroxylation is 1. The van der Waals surface area contributed by atoms with Gasteiger partial charge in [0.15, 0.2) is 5.76 Å². The number of hydrogen-bond acceptors (Lipinski definition) is 2. The fourth-order valence-electron chi connectivity index (χ4n) is 2.75. The molecule has 0 spiro atoms. The summed E-state index contributed by atoms with van der Waals surface area (Å²) < 4.78 is 5.43. The second-order valence-electron chi connectivity index (χ2n) is 6.21. The van der Waals surface area contributed by atoms with E-state index in [1.165, 1.54) is 5.56 Å². The summed E-state index contributed by atoms with van der Waals surface area (Å²) in [5.41, 5.74) is 3.96. The van der Waals surface area contributed by atoms with Gasteiger partial charge in [0.05, 0.1) is 31.2 Å². The fourth-order valence-corrected chi connectivity index (χ4v) is 2.75. The van der Waals surface area contributed by atoms with Gasteiger partial charge in [-0.25, -0.2) is 4.99 Å². The number of methoxy groups -OCH3 is 1. The molecule has 1 aromatic rings. The largest absolute Gasteiger partial charge is 0.493 e. The summed E-state index contributed by atoms with van der Waals surface area (Å²) in [6.45, 7) is 12.7. The van der Waals surface area contributed by atoms with Crippen LogP contribution < -0.4 is 5.32 Å². The van der Waals surface area contributed by atoms with E-state index in [2.05, 4.69) is 37.5 Å². The molecule has 0 atom stereocenters. The molecule has 0 amide bonds. The SMILES string of the molecule is C=C/C(=C\C=C/C)CN1C=C(OC)C(=C)NC1=Nc1ccccc1CCC. The standard InChI is InChI=1S/C23H29N3O/c1-6-9-13-19(8-3)16-26-17-22(27-5)18(4)24-23(26)25-21-15-11-10-14-20(21)12-7-2/h6,8-11,13-15,17H,3-4,7,12,16H2,1-2,5H3,(H,24,25)/b9-6-,19-13+. The molecule has 0 aromatic heterocycles. The highest BCUT2D eigenvalue weighted by Gasteiger charge is 2.21. The summed E-state index contributed by atoms with van der Waals surface area (Å²) in [7, 11) is 1.64. The Kier molecular flexibility index (Phi) is 7.68. The van der Waals surface area contributed by atoms with Crippen LogP contribution in [0.25, 0.3) is 0 Å². The van der Waals surface area contributed by atoms with Crippen molar-refractivity contribution in [1.82, 2.24) is 10.2 Å². The predicted molar refractivity (Wildman–Crippen MR) is 115 cm³/mol. The molecule has 4 heteroatoms. The third-order valence-corrected chi connectivity index (χ3v) is 4.18. The molecular formula is C23H29N3O. The summed E-state index contributed by atoms with van der Waals surface area (Å²) in [6.07, 6.45) is 11.9. The van der Waals surface area contributed by atoms with Gasteiger partial charge in [0.2, 0.25) is 5.96 Å². The van der Waals surface area contributed by atoms with E-state index in [0.29, 0.717) is 18.0 Å². The number of ether oxygens (including phenoxy) is 1. The van der Waals surface area contributed by atoms with E-state index < -0.39 is 0 Å². The number of aliphatic imine (C=N–C) groups is 1. The Hall–Kier alpha value is -3.01. The number of nitrogens with one attached hydrogen (secondary N) is 1. The molecule has 0 saturated carbocycles. The highest BCUT2D eigenvalue weighted by Crippen LogP contribution is 2.23. The topological polar surface area (TPSA) is 36.9 Å². The molecule has 4 nitrogen and oxygen atoms in total. The van der Waals surface area contributed by atoms with E-state index in [1.54, 1.807) is 7.11 Å². The van der Waals surface area contributed by atoms with E-state index >= 15 is 0 Å². The van der Waals surface area contributed by atoms with Crippen molar-refractivity contribution < 1.29 is 4.74 Å². The predicted octanol–water partition coefficient (Wildman–Crippen LogP) is 5.22. The molecule has 27 heavy (non-hydrogen) atoms. The van der Waals surface area contributed by atoms with Crippen LogP contribution in [0.15, 0.2) is 89.9 Å². The Balaban J connectivity index is 2.44. The molecule has 0 radical (unpaired) electrons. The molecule has 1 N–H and O–H groups in total. The van der Waals surface area contributed by atoms with Crippen LogP contribution in [0.3, 0.4) is 0 Å². The van der Waals surface area contributed by atoms with Crippen molar-refractivity contribution in [3.63, 3.8) is 0 Å². The molecule has 1 aliphatic rings. The van der Waals surface area contributed by atoms with E-state index in [0.717, 1.165) is 30.1 Å². The minimum atomic E-state index is 0.621. The third-order valence-electron chi connectivity index (χ3n) is 4.18. The fraction of sp³-hybridized carbons (Fsp3) is 0.261. The van der Waals surface area contributed by atoms with Crippen molar-refractivity contribution in [2.24, 2.45) is 4.99 Å². The first-order chi connectivity index (χ1) is 13.1. The van der Waals surface area contributed by atoms with Gasteiger partial charge in [-0.05, 0) is 30.5 Å². The third kappa shape index (κ3) is 5.48. The van der Waals surface area contributed by atoms with Crippen LogP contribution in [0, 0.1) is 0 Å². The Morgan fingerprint density at radius 2 is 2.11 bits per heavy atom. The number of allylic oxidation sites excluding steroid dienone is 3. The number of nitrogens with zero attached hydrogens (tertiary/aromatic N) is 2. The van der Waals surface area contributed by atoms with Crippen molar-refractivity contribution >= 4 is 11.6 Å². The van der Waals surface area contributed by atoms with Crippen LogP contribution in [0.2, 0.25) is 0 Å². The zero-order valence-electron chi connectivity index (χ0n) is 16.5. The van der Waals surface area contributed by atoms with Crippen molar-refractivity contribution in [1.29, 1.82) is 0 Å². The molecule has 1 aromatic carbocycles. The Bertz CT molecular complexity index is 800. The van der Waals surface area contributed by atoms with E-state index in [9.17, 15) is 0 Å². The van der Waals surface area contributed by atoms with Gasteiger partial charge in [-0.3, -0.25) is 0 Å². The van der Waals surface area contributed by atoms with E-state index in [1.807, 2.05) is 54.5 Å². The second-order valence-corrected chi connectivity index (χ2v) is 6.21. The van der Waals surface area contributed by atoms with Crippen LogP contribution in [-0.4, -0.2) is 24.5 Å². The summed E-state index contributed by atoms with van der Waals surface area (Å²) >= 11 is 0. The lowest BCUT2D eigenvalue weighted by Crippen LogP contribution is -2.42. The maximum absolute atomic E-state index is 5.43. The minimum absolute atomic E-state index is 0.621. The van der Waals surface area contributed by atoms with Crippen molar-refractivity contribution in [2.75, 3.05) is 13.7 Å². The smallest absolute Gasteiger partial charge is 0.208 e. The van der Waals surface area contributed by atoms with Crippen molar-refractivity contribution in [3.05, 3.63) is 90.5 Å². The minimum Gasteiger partial charge on any atom is -0.493 e. The Labute approximate surface area is 163 Å². The maximum atomic E-state index is 5.43. The first-order valence-electron chi connectivity index (χ1n) is 9.22. The second kappa shape index (κ2) is 10.2. The number of guanidine groups is 1. The zero-order chi connectivity index (χ0) is 19.6. The van der Waals surface area contributed by atoms with Gasteiger partial charge in [-0.15, -0.1) is 0 Å². The van der Waals surface area contributed by atoms with Gasteiger partial charge in [-0.2, -0.15) is 0 Å². The van der Waals surface area contributed by atoms with Gasteiger partial charge >= 0.3 is 0 Å². The van der Waals surface area contributed by atoms with Crippen LogP contribution in [-0.2, 0) is 11.2 Å². The lowest BCUT2D eigenvalue weighted by molar-refractivity contribution is 0.284. The average molecular weight is 364 g/mol. The van der Waals surface area contributed by atoms with Gasteiger partial charge < -0.3 is 15.0 Å². The molecule has 0 unspecified atom stereocenters. The van der Waals surface area contributed by atoms with Gasteiger partial charge in [0.25, 0.3) is 0 Å². The average Bonchev–Trinajstić information content (AvgIpc) is 2.68. The highest BCUT2D eigenvalue weighted by atomic mass is 16.5. The molecular weight excluding hydrogens is 334 g/mol. The Morgan fingerprint density at radius 1 is 1.33 bits per heavy atom. The molecule has 0 aliphatic carbocycles. The lowest BCUT2D eigenvalue weighted by Gasteiger charge is -2.30. The normalized spacial score (nSPS) is 16.5. The summed E-state index contributed by atoms with van der Waals surface area (Å²) in [6, 6.07) is 8.24. The maximum Gasteiger partial charge on any atom is 0.208 e. The van der Waals surface area contributed by atoms with Crippen LogP contribution >= 0.6 is 0 Å².